The molecule has 1 fully saturated rings. The fraction of sp³-hybridized carbons (Fsp3) is 0.737. The van der Waals surface area contributed by atoms with Crippen LogP contribution in [0.5, 0.6) is 0 Å². The van der Waals surface area contributed by atoms with Gasteiger partial charge in [0.15, 0.2) is 11.8 Å². The summed E-state index contributed by atoms with van der Waals surface area (Å²) in [5.74, 6) is 3.68. The number of anilines is 1. The maximum absolute atomic E-state index is 5.31. The zero-order valence-corrected chi connectivity index (χ0v) is 21.4. The SMILES string of the molecule is CCNC(=NCCCc1nc(C(C)C)no1)N1CCN(c2nc(CC)ns2)CC1.I. The van der Waals surface area contributed by atoms with Crippen molar-refractivity contribution in [2.24, 2.45) is 4.99 Å². The Balaban J connectivity index is 0.00000320. The summed E-state index contributed by atoms with van der Waals surface area (Å²) in [4.78, 5) is 18.5. The Hall–Kier alpha value is -1.50. The Morgan fingerprint density at radius 2 is 1.97 bits per heavy atom. The standard InChI is InChI=1S/C19H32N8OS.HI/c1-5-15-22-19(29-25-15)27-12-10-26(11-13-27)18(20-6-2)21-9-7-8-16-23-17(14(3)4)24-28-16;/h14H,5-13H2,1-4H3,(H,20,21);1H. The van der Waals surface area contributed by atoms with E-state index in [0.29, 0.717) is 11.8 Å². The van der Waals surface area contributed by atoms with Crippen LogP contribution >= 0.6 is 35.5 Å². The molecule has 30 heavy (non-hydrogen) atoms. The number of guanidine groups is 1. The van der Waals surface area contributed by atoms with Crippen molar-refractivity contribution in [1.82, 2.24) is 29.7 Å². The van der Waals surface area contributed by atoms with E-state index < -0.39 is 0 Å². The molecule has 0 bridgehead atoms. The molecule has 3 rings (SSSR count). The molecule has 2 aromatic heterocycles. The van der Waals surface area contributed by atoms with Crippen LogP contribution in [0.15, 0.2) is 9.52 Å². The number of nitrogens with zero attached hydrogens (tertiary/aromatic N) is 7. The third-order valence-electron chi connectivity index (χ3n) is 4.77. The summed E-state index contributed by atoms with van der Waals surface area (Å²) in [7, 11) is 0. The average Bonchev–Trinajstić information content (AvgIpc) is 3.40. The van der Waals surface area contributed by atoms with Crippen molar-refractivity contribution >= 4 is 46.6 Å². The maximum Gasteiger partial charge on any atom is 0.226 e. The molecule has 1 saturated heterocycles. The molecule has 0 unspecified atom stereocenters. The summed E-state index contributed by atoms with van der Waals surface area (Å²) in [6.07, 6.45) is 2.53. The number of aryl methyl sites for hydroxylation is 2. The van der Waals surface area contributed by atoms with E-state index in [4.69, 9.17) is 9.52 Å². The smallest absolute Gasteiger partial charge is 0.226 e. The van der Waals surface area contributed by atoms with E-state index in [1.807, 2.05) is 0 Å². The van der Waals surface area contributed by atoms with Gasteiger partial charge in [0.25, 0.3) is 0 Å². The van der Waals surface area contributed by atoms with Crippen molar-refractivity contribution in [2.75, 3.05) is 44.2 Å². The molecule has 0 spiro atoms. The fourth-order valence-electron chi connectivity index (χ4n) is 3.07. The summed E-state index contributed by atoms with van der Waals surface area (Å²) < 4.78 is 9.71. The molecule has 0 radical (unpaired) electrons. The average molecular weight is 548 g/mol. The minimum atomic E-state index is 0. The summed E-state index contributed by atoms with van der Waals surface area (Å²) in [6.45, 7) is 13.6. The zero-order chi connectivity index (χ0) is 20.6. The molecule has 1 aliphatic rings. The third-order valence-corrected chi connectivity index (χ3v) is 5.58. The number of hydrogen-bond acceptors (Lipinski definition) is 8. The monoisotopic (exact) mass is 548 g/mol. The van der Waals surface area contributed by atoms with Gasteiger partial charge in [-0.2, -0.15) is 9.36 Å². The number of nitrogens with one attached hydrogen (secondary N) is 1. The molecule has 0 saturated carbocycles. The summed E-state index contributed by atoms with van der Waals surface area (Å²) in [6, 6.07) is 0. The van der Waals surface area contributed by atoms with Gasteiger partial charge in [-0.15, -0.1) is 24.0 Å². The number of aliphatic imine (C=N–C) groups is 1. The van der Waals surface area contributed by atoms with Crippen molar-refractivity contribution in [3.63, 3.8) is 0 Å². The van der Waals surface area contributed by atoms with Gasteiger partial charge >= 0.3 is 0 Å². The number of rotatable bonds is 8. The first-order chi connectivity index (χ1) is 14.1. The van der Waals surface area contributed by atoms with Crippen LogP contribution in [0.1, 0.15) is 57.6 Å². The lowest BCUT2D eigenvalue weighted by atomic mass is 10.2. The van der Waals surface area contributed by atoms with E-state index in [1.165, 1.54) is 11.5 Å². The van der Waals surface area contributed by atoms with Crippen molar-refractivity contribution < 1.29 is 4.52 Å². The van der Waals surface area contributed by atoms with Gasteiger partial charge in [0, 0.05) is 69.6 Å². The Bertz CT molecular complexity index is 785. The first-order valence-corrected chi connectivity index (χ1v) is 11.3. The molecule has 2 aromatic rings. The van der Waals surface area contributed by atoms with Gasteiger partial charge in [0.2, 0.25) is 11.0 Å². The predicted octanol–water partition coefficient (Wildman–Crippen LogP) is 2.95. The maximum atomic E-state index is 5.31. The van der Waals surface area contributed by atoms with Crippen molar-refractivity contribution in [3.8, 4) is 0 Å². The van der Waals surface area contributed by atoms with Gasteiger partial charge < -0.3 is 19.6 Å². The van der Waals surface area contributed by atoms with Gasteiger partial charge in [0.1, 0.15) is 5.82 Å². The highest BCUT2D eigenvalue weighted by Gasteiger charge is 2.22. The summed E-state index contributed by atoms with van der Waals surface area (Å²) >= 11 is 1.50. The Kier molecular flexibility index (Phi) is 10.2. The Morgan fingerprint density at radius 1 is 1.20 bits per heavy atom. The second-order valence-corrected chi connectivity index (χ2v) is 8.09. The van der Waals surface area contributed by atoms with Crippen molar-refractivity contribution in [3.05, 3.63) is 17.5 Å². The van der Waals surface area contributed by atoms with Gasteiger partial charge in [-0.1, -0.05) is 25.9 Å². The van der Waals surface area contributed by atoms with Gasteiger partial charge in [-0.25, -0.2) is 4.98 Å². The Morgan fingerprint density at radius 3 is 2.57 bits per heavy atom. The quantitative estimate of drug-likeness (QED) is 0.233. The van der Waals surface area contributed by atoms with E-state index >= 15 is 0 Å². The molecule has 1 aliphatic heterocycles. The molecular weight excluding hydrogens is 515 g/mol. The van der Waals surface area contributed by atoms with E-state index in [-0.39, 0.29) is 24.0 Å². The molecule has 168 valence electrons. The van der Waals surface area contributed by atoms with Gasteiger partial charge in [-0.05, 0) is 13.3 Å². The molecular formula is C19H33IN8OS. The van der Waals surface area contributed by atoms with Crippen LogP contribution in [0.3, 0.4) is 0 Å². The second kappa shape index (κ2) is 12.4. The molecule has 0 aliphatic carbocycles. The molecule has 0 amide bonds. The highest BCUT2D eigenvalue weighted by molar-refractivity contribution is 14.0. The minimum Gasteiger partial charge on any atom is -0.357 e. The van der Waals surface area contributed by atoms with E-state index in [9.17, 15) is 0 Å². The van der Waals surface area contributed by atoms with E-state index in [0.717, 1.165) is 81.3 Å². The zero-order valence-electron chi connectivity index (χ0n) is 18.3. The number of piperazine rings is 1. The highest BCUT2D eigenvalue weighted by atomic mass is 127. The van der Waals surface area contributed by atoms with Crippen LogP contribution in [-0.4, -0.2) is 69.6 Å². The second-order valence-electron chi connectivity index (χ2n) is 7.36. The Labute approximate surface area is 199 Å². The number of hydrogen-bond donors (Lipinski definition) is 1. The molecule has 1 N–H and O–H groups in total. The van der Waals surface area contributed by atoms with Gasteiger partial charge in [0.05, 0.1) is 0 Å². The van der Waals surface area contributed by atoms with Crippen LogP contribution in [0.2, 0.25) is 0 Å². The van der Waals surface area contributed by atoms with Crippen molar-refractivity contribution in [2.45, 2.75) is 52.9 Å². The largest absolute Gasteiger partial charge is 0.357 e. The van der Waals surface area contributed by atoms with E-state index in [1.54, 1.807) is 0 Å². The first kappa shape index (κ1) is 24.8. The lowest BCUT2D eigenvalue weighted by Crippen LogP contribution is -2.52. The van der Waals surface area contributed by atoms with Crippen LogP contribution in [0.25, 0.3) is 0 Å². The normalized spacial score (nSPS) is 14.9. The predicted molar refractivity (Wildman–Crippen MR) is 131 cm³/mol. The van der Waals surface area contributed by atoms with Crippen LogP contribution in [-0.2, 0) is 12.8 Å². The van der Waals surface area contributed by atoms with E-state index in [2.05, 4.69) is 62.3 Å². The lowest BCUT2D eigenvalue weighted by molar-refractivity contribution is 0.366. The molecule has 11 heteroatoms. The van der Waals surface area contributed by atoms with Gasteiger partial charge in [-0.3, -0.25) is 4.99 Å². The fourth-order valence-corrected chi connectivity index (χ4v) is 3.87. The number of aromatic nitrogens is 4. The lowest BCUT2D eigenvalue weighted by Gasteiger charge is -2.36. The third kappa shape index (κ3) is 6.76. The summed E-state index contributed by atoms with van der Waals surface area (Å²) in [5, 5.41) is 8.47. The highest BCUT2D eigenvalue weighted by Crippen LogP contribution is 2.19. The van der Waals surface area contributed by atoms with Crippen LogP contribution < -0.4 is 10.2 Å². The van der Waals surface area contributed by atoms with Crippen LogP contribution in [0.4, 0.5) is 5.13 Å². The summed E-state index contributed by atoms with van der Waals surface area (Å²) in [5.41, 5.74) is 0. The minimum absolute atomic E-state index is 0. The molecule has 9 nitrogen and oxygen atoms in total. The van der Waals surface area contributed by atoms with Crippen molar-refractivity contribution in [1.29, 1.82) is 0 Å². The number of halogens is 1. The van der Waals surface area contributed by atoms with Crippen LogP contribution in [0, 0.1) is 0 Å². The molecule has 0 aromatic carbocycles. The molecule has 0 atom stereocenters. The first-order valence-electron chi connectivity index (χ1n) is 10.5. The topological polar surface area (TPSA) is 95.6 Å². The molecule has 3 heterocycles.